The van der Waals surface area contributed by atoms with Crippen LogP contribution in [0.25, 0.3) is 0 Å². The van der Waals surface area contributed by atoms with Crippen molar-refractivity contribution in [2.75, 3.05) is 6.61 Å². The zero-order chi connectivity index (χ0) is 24.9. The first kappa shape index (κ1) is 25.1. The van der Waals surface area contributed by atoms with Crippen LogP contribution in [-0.4, -0.2) is 16.2 Å². The number of benzene rings is 2. The predicted molar refractivity (Wildman–Crippen MR) is 124 cm³/mol. The number of ether oxygens (including phenoxy) is 1. The fraction of sp³-hybridized carbons (Fsp3) is 0.308. The van der Waals surface area contributed by atoms with Gasteiger partial charge in [-0.05, 0) is 38.0 Å². The third-order valence-corrected chi connectivity index (χ3v) is 5.27. The minimum Gasteiger partial charge on any atom is -0.348 e. The Labute approximate surface area is 195 Å². The van der Waals surface area contributed by atoms with Crippen molar-refractivity contribution in [3.05, 3.63) is 102 Å². The number of H-pyrrole nitrogens is 1. The molecular weight excluding hydrogens is 445 g/mol. The number of alkyl halides is 3. The number of nitrogens with zero attached hydrogens (tertiary/aromatic N) is 1. The monoisotopic (exact) mass is 470 g/mol. The number of aromatic amines is 1. The number of nitrogens with one attached hydrogen (secondary N) is 1. The molecule has 1 heterocycles. The number of aromatic nitrogens is 2. The Morgan fingerprint density at radius 3 is 2.38 bits per heavy atom. The van der Waals surface area contributed by atoms with E-state index in [2.05, 4.69) is 16.8 Å². The van der Waals surface area contributed by atoms with Gasteiger partial charge in [0.1, 0.15) is 13.3 Å². The van der Waals surface area contributed by atoms with Crippen molar-refractivity contribution in [2.45, 2.75) is 46.5 Å². The molecule has 1 N–H and O–H groups in total. The van der Waals surface area contributed by atoms with Crippen molar-refractivity contribution in [2.24, 2.45) is 0 Å². The molecule has 0 saturated carbocycles. The van der Waals surface area contributed by atoms with Gasteiger partial charge in [-0.2, -0.15) is 13.2 Å². The van der Waals surface area contributed by atoms with Crippen LogP contribution >= 0.6 is 0 Å². The van der Waals surface area contributed by atoms with Gasteiger partial charge in [0.15, 0.2) is 0 Å². The van der Waals surface area contributed by atoms with Crippen LogP contribution in [0.2, 0.25) is 0 Å². The van der Waals surface area contributed by atoms with Gasteiger partial charge in [0.25, 0.3) is 5.56 Å². The van der Waals surface area contributed by atoms with Crippen LogP contribution in [0, 0.1) is 25.7 Å². The molecule has 8 heteroatoms. The summed E-state index contributed by atoms with van der Waals surface area (Å²) in [6.45, 7) is 5.39. The highest BCUT2D eigenvalue weighted by Crippen LogP contribution is 2.31. The summed E-state index contributed by atoms with van der Waals surface area (Å²) in [6, 6.07) is 11.1. The van der Waals surface area contributed by atoms with Crippen LogP contribution in [-0.2, 0) is 30.5 Å². The van der Waals surface area contributed by atoms with Crippen molar-refractivity contribution < 1.29 is 17.9 Å². The second-order valence-electron chi connectivity index (χ2n) is 7.96. The lowest BCUT2D eigenvalue weighted by Crippen LogP contribution is -2.36. The Morgan fingerprint density at radius 2 is 1.74 bits per heavy atom. The molecule has 0 aliphatic rings. The molecule has 0 bridgehead atoms. The van der Waals surface area contributed by atoms with Crippen molar-refractivity contribution in [1.29, 1.82) is 0 Å². The second kappa shape index (κ2) is 10.6. The van der Waals surface area contributed by atoms with Gasteiger partial charge in [0.05, 0.1) is 5.56 Å². The Bertz CT molecular complexity index is 1340. The molecule has 178 valence electrons. The largest absolute Gasteiger partial charge is 0.417 e. The van der Waals surface area contributed by atoms with Gasteiger partial charge in [-0.25, -0.2) is 4.79 Å². The smallest absolute Gasteiger partial charge is 0.348 e. The molecule has 3 rings (SSSR count). The van der Waals surface area contributed by atoms with Gasteiger partial charge in [0, 0.05) is 23.2 Å². The average molecular weight is 470 g/mol. The minimum atomic E-state index is -4.51. The van der Waals surface area contributed by atoms with E-state index in [9.17, 15) is 22.8 Å². The Balaban J connectivity index is 1.84. The molecule has 0 atom stereocenters. The van der Waals surface area contributed by atoms with Gasteiger partial charge in [-0.15, -0.1) is 0 Å². The summed E-state index contributed by atoms with van der Waals surface area (Å²) < 4.78 is 46.1. The molecule has 0 unspecified atom stereocenters. The SMILES string of the molecule is CCc1c(Cc2cc(C)cc(C)c2)n(COCC#Cc2ccccc2C(F)(F)F)c(=O)[nH]c1=O. The molecule has 1 aromatic heterocycles. The zero-order valence-electron chi connectivity index (χ0n) is 19.2. The maximum Gasteiger partial charge on any atom is 0.417 e. The van der Waals surface area contributed by atoms with E-state index in [-0.39, 0.29) is 18.9 Å². The molecule has 34 heavy (non-hydrogen) atoms. The Morgan fingerprint density at radius 1 is 1.06 bits per heavy atom. The normalized spacial score (nSPS) is 11.2. The van der Waals surface area contributed by atoms with E-state index in [1.807, 2.05) is 39.0 Å². The lowest BCUT2D eigenvalue weighted by Gasteiger charge is -2.16. The molecule has 0 aliphatic carbocycles. The van der Waals surface area contributed by atoms with E-state index in [0.717, 1.165) is 22.8 Å². The molecule has 5 nitrogen and oxygen atoms in total. The van der Waals surface area contributed by atoms with E-state index in [0.29, 0.717) is 24.1 Å². The first-order chi connectivity index (χ1) is 16.1. The quantitative estimate of drug-likeness (QED) is 0.430. The van der Waals surface area contributed by atoms with Crippen LogP contribution in [0.5, 0.6) is 0 Å². The summed E-state index contributed by atoms with van der Waals surface area (Å²) in [5, 5.41) is 0. The summed E-state index contributed by atoms with van der Waals surface area (Å²) in [5.74, 6) is 5.05. The summed E-state index contributed by atoms with van der Waals surface area (Å²) >= 11 is 0. The molecule has 0 fully saturated rings. The van der Waals surface area contributed by atoms with E-state index in [1.54, 1.807) is 0 Å². The second-order valence-corrected chi connectivity index (χ2v) is 7.96. The van der Waals surface area contributed by atoms with Gasteiger partial charge >= 0.3 is 11.9 Å². The van der Waals surface area contributed by atoms with Crippen molar-refractivity contribution in [1.82, 2.24) is 9.55 Å². The average Bonchev–Trinajstić information content (AvgIpc) is 2.74. The van der Waals surface area contributed by atoms with Crippen LogP contribution in [0.3, 0.4) is 0 Å². The van der Waals surface area contributed by atoms with E-state index in [1.165, 1.54) is 22.8 Å². The Hall–Kier alpha value is -3.57. The molecular formula is C26H25F3N2O3. The number of aryl methyl sites for hydroxylation is 2. The van der Waals surface area contributed by atoms with Gasteiger partial charge in [0.2, 0.25) is 0 Å². The zero-order valence-corrected chi connectivity index (χ0v) is 19.2. The standard InChI is InChI=1S/C26H25F3N2O3/c1-4-21-23(15-19-13-17(2)12-18(3)14-19)31(25(33)30-24(21)32)16-34-11-7-9-20-8-5-6-10-22(20)26(27,28)29/h5-6,8,10,12-14H,4,11,15-16H2,1-3H3,(H,30,32,33). The van der Waals surface area contributed by atoms with Crippen LogP contribution in [0.1, 0.15) is 46.0 Å². The Kier molecular flexibility index (Phi) is 7.79. The maximum absolute atomic E-state index is 13.1. The highest BCUT2D eigenvalue weighted by Gasteiger charge is 2.32. The lowest BCUT2D eigenvalue weighted by atomic mass is 10.0. The molecule has 0 saturated heterocycles. The van der Waals surface area contributed by atoms with Gasteiger partial charge < -0.3 is 4.74 Å². The fourth-order valence-corrected chi connectivity index (χ4v) is 3.88. The van der Waals surface area contributed by atoms with E-state index < -0.39 is 23.0 Å². The lowest BCUT2D eigenvalue weighted by molar-refractivity contribution is -0.137. The topological polar surface area (TPSA) is 64.1 Å². The van der Waals surface area contributed by atoms with Crippen molar-refractivity contribution in [3.63, 3.8) is 0 Å². The van der Waals surface area contributed by atoms with Crippen LogP contribution < -0.4 is 11.2 Å². The minimum absolute atomic E-state index is 0.149. The summed E-state index contributed by atoms with van der Waals surface area (Å²) in [6.07, 6.45) is -3.72. The van der Waals surface area contributed by atoms with Crippen molar-refractivity contribution >= 4 is 0 Å². The molecule has 0 radical (unpaired) electrons. The molecule has 0 amide bonds. The highest BCUT2D eigenvalue weighted by atomic mass is 19.4. The van der Waals surface area contributed by atoms with Crippen molar-refractivity contribution in [3.8, 4) is 11.8 Å². The summed E-state index contributed by atoms with van der Waals surface area (Å²) in [4.78, 5) is 27.3. The molecule has 0 aliphatic heterocycles. The van der Waals surface area contributed by atoms with Crippen LogP contribution in [0.15, 0.2) is 52.1 Å². The first-order valence-corrected chi connectivity index (χ1v) is 10.7. The van der Waals surface area contributed by atoms with Crippen LogP contribution in [0.4, 0.5) is 13.2 Å². The first-order valence-electron chi connectivity index (χ1n) is 10.7. The summed E-state index contributed by atoms with van der Waals surface area (Å²) in [7, 11) is 0. The molecule has 0 spiro atoms. The third kappa shape index (κ3) is 6.06. The number of rotatable bonds is 6. The van der Waals surface area contributed by atoms with E-state index >= 15 is 0 Å². The van der Waals surface area contributed by atoms with Gasteiger partial charge in [-0.1, -0.05) is 60.2 Å². The predicted octanol–water partition coefficient (Wildman–Crippen LogP) is 4.35. The third-order valence-electron chi connectivity index (χ3n) is 5.27. The van der Waals surface area contributed by atoms with Gasteiger partial charge in [-0.3, -0.25) is 14.3 Å². The molecule has 3 aromatic rings. The summed E-state index contributed by atoms with van der Waals surface area (Å²) in [5.41, 5.74) is 2.09. The highest BCUT2D eigenvalue weighted by molar-refractivity contribution is 5.42. The molecule has 2 aromatic carbocycles. The fourth-order valence-electron chi connectivity index (χ4n) is 3.88. The van der Waals surface area contributed by atoms with E-state index in [4.69, 9.17) is 4.74 Å². The number of hydrogen-bond acceptors (Lipinski definition) is 3. The number of halogens is 3. The maximum atomic E-state index is 13.1. The number of hydrogen-bond donors (Lipinski definition) is 1.